The molecule has 2 aromatic rings. The van der Waals surface area contributed by atoms with Crippen LogP contribution in [0.4, 0.5) is 10.7 Å². The van der Waals surface area contributed by atoms with Gasteiger partial charge in [0, 0.05) is 24.6 Å². The molecule has 0 bridgehead atoms. The number of hydrogen-bond donors (Lipinski definition) is 2. The smallest absolute Gasteiger partial charge is 0.270 e. The van der Waals surface area contributed by atoms with E-state index in [1.54, 1.807) is 12.1 Å². The van der Waals surface area contributed by atoms with Gasteiger partial charge in [0.2, 0.25) is 5.91 Å². The average Bonchev–Trinajstić information content (AvgIpc) is 3.02. The van der Waals surface area contributed by atoms with Gasteiger partial charge in [-0.05, 0) is 31.1 Å². The maximum atomic E-state index is 12.3. The van der Waals surface area contributed by atoms with Crippen molar-refractivity contribution in [2.75, 3.05) is 11.9 Å². The third kappa shape index (κ3) is 4.27. The molecule has 2 heterocycles. The van der Waals surface area contributed by atoms with Crippen molar-refractivity contribution >= 4 is 34.0 Å². The summed E-state index contributed by atoms with van der Waals surface area (Å²) in [5.41, 5.74) is 2.14. The monoisotopic (exact) mass is 397 g/mol. The zero-order valence-electron chi connectivity index (χ0n) is 15.7. The number of nitro groups is 1. The van der Waals surface area contributed by atoms with Gasteiger partial charge in [0.15, 0.2) is 0 Å². The predicted molar refractivity (Wildman–Crippen MR) is 108 cm³/mol. The minimum Gasteiger partial charge on any atom is -0.328 e. The summed E-state index contributed by atoms with van der Waals surface area (Å²) in [5, 5.41) is 23.8. The number of nitro benzene ring substituents is 1. The number of rotatable bonds is 5. The highest BCUT2D eigenvalue weighted by Gasteiger charge is 2.28. The lowest BCUT2D eigenvalue weighted by molar-refractivity contribution is -0.936. The van der Waals surface area contributed by atoms with Gasteiger partial charge in [-0.2, -0.15) is 5.26 Å². The molecule has 0 saturated carbocycles. The Morgan fingerprint density at radius 1 is 1.46 bits per heavy atom. The Hall–Kier alpha value is -3.02. The van der Waals surface area contributed by atoms with Crippen molar-refractivity contribution in [3.8, 4) is 6.07 Å². The van der Waals surface area contributed by atoms with Crippen LogP contribution in [0, 0.1) is 21.4 Å². The quantitative estimate of drug-likeness (QED) is 0.460. The van der Waals surface area contributed by atoms with Crippen LogP contribution < -0.4 is 10.2 Å². The third-order valence-electron chi connectivity index (χ3n) is 4.85. The largest absolute Gasteiger partial charge is 0.328 e. The van der Waals surface area contributed by atoms with E-state index in [4.69, 9.17) is 0 Å². The summed E-state index contributed by atoms with van der Waals surface area (Å²) in [6, 6.07) is 8.80. The fraction of sp³-hybridized carbons (Fsp3) is 0.300. The molecule has 8 heteroatoms. The second kappa shape index (κ2) is 8.33. The average molecular weight is 397 g/mol. The van der Waals surface area contributed by atoms with Gasteiger partial charge >= 0.3 is 0 Å². The van der Waals surface area contributed by atoms with Gasteiger partial charge < -0.3 is 10.2 Å². The van der Waals surface area contributed by atoms with E-state index in [-0.39, 0.29) is 11.6 Å². The number of carbonyl (C=O) groups is 1. The van der Waals surface area contributed by atoms with Crippen LogP contribution in [-0.2, 0) is 17.8 Å². The SMILES string of the molecule is CC(C)[NH+]1CCc2c(sc(NC(=O)/C=C\c3cccc([N+](=O)[O-])c3)c2C#N)C1. The predicted octanol–water partition coefficient (Wildman–Crippen LogP) is 2.53. The molecule has 3 rings (SSSR count). The first-order chi connectivity index (χ1) is 13.4. The van der Waals surface area contributed by atoms with Crippen LogP contribution in [0.5, 0.6) is 0 Å². The molecule has 28 heavy (non-hydrogen) atoms. The Kier molecular flexibility index (Phi) is 5.87. The van der Waals surface area contributed by atoms with E-state index in [2.05, 4.69) is 25.2 Å². The molecular formula is C20H21N4O3S+. The fourth-order valence-corrected chi connectivity index (χ4v) is 4.52. The first kappa shape index (κ1) is 19.7. The van der Waals surface area contributed by atoms with E-state index in [0.717, 1.165) is 30.0 Å². The molecule has 1 aromatic carbocycles. The maximum Gasteiger partial charge on any atom is 0.270 e. The summed E-state index contributed by atoms with van der Waals surface area (Å²) in [6.07, 6.45) is 3.68. The lowest BCUT2D eigenvalue weighted by Gasteiger charge is -2.27. The van der Waals surface area contributed by atoms with E-state index in [0.29, 0.717) is 22.2 Å². The van der Waals surface area contributed by atoms with Gasteiger partial charge in [-0.25, -0.2) is 0 Å². The van der Waals surface area contributed by atoms with E-state index >= 15 is 0 Å². The molecule has 7 nitrogen and oxygen atoms in total. The second-order valence-electron chi connectivity index (χ2n) is 6.98. The number of thiophene rings is 1. The van der Waals surface area contributed by atoms with Gasteiger partial charge in [0.1, 0.15) is 17.6 Å². The molecule has 0 spiro atoms. The van der Waals surface area contributed by atoms with Crippen molar-refractivity contribution in [2.45, 2.75) is 32.9 Å². The molecule has 1 aromatic heterocycles. The molecule has 0 fully saturated rings. The number of benzene rings is 1. The molecule has 1 aliphatic heterocycles. The molecule has 0 saturated heterocycles. The molecular weight excluding hydrogens is 376 g/mol. The van der Waals surface area contributed by atoms with Crippen molar-refractivity contribution < 1.29 is 14.6 Å². The Morgan fingerprint density at radius 2 is 2.25 bits per heavy atom. The van der Waals surface area contributed by atoms with Gasteiger partial charge in [0.25, 0.3) is 5.69 Å². The minimum absolute atomic E-state index is 0.0301. The van der Waals surface area contributed by atoms with Crippen LogP contribution in [0.25, 0.3) is 6.08 Å². The highest BCUT2D eigenvalue weighted by Crippen LogP contribution is 2.34. The number of amides is 1. The zero-order chi connectivity index (χ0) is 20.3. The van der Waals surface area contributed by atoms with Gasteiger partial charge in [0.05, 0.1) is 28.0 Å². The van der Waals surface area contributed by atoms with E-state index in [9.17, 15) is 20.2 Å². The number of fused-ring (bicyclic) bond motifs is 1. The molecule has 1 unspecified atom stereocenters. The number of anilines is 1. The first-order valence-corrected chi connectivity index (χ1v) is 9.83. The van der Waals surface area contributed by atoms with Crippen molar-refractivity contribution in [3.05, 3.63) is 62.0 Å². The van der Waals surface area contributed by atoms with E-state index in [1.165, 1.54) is 40.5 Å². The Bertz CT molecular complexity index is 988. The van der Waals surface area contributed by atoms with Crippen LogP contribution in [0.15, 0.2) is 30.3 Å². The highest BCUT2D eigenvalue weighted by atomic mass is 32.1. The minimum atomic E-state index is -0.477. The normalized spacial score (nSPS) is 16.0. The molecule has 2 N–H and O–H groups in total. The highest BCUT2D eigenvalue weighted by molar-refractivity contribution is 7.16. The standard InChI is InChI=1S/C20H20N4O3S/c1-13(2)23-9-8-16-17(11-21)20(28-18(16)12-23)22-19(25)7-6-14-4-3-5-15(10-14)24(26)27/h3-7,10,13H,8-9,12H2,1-2H3,(H,22,25)/p+1/b7-6-. The Balaban J connectivity index is 1.75. The van der Waals surface area contributed by atoms with Crippen LogP contribution in [0.1, 0.15) is 35.4 Å². The van der Waals surface area contributed by atoms with Gasteiger partial charge in [-0.15, -0.1) is 11.3 Å². The van der Waals surface area contributed by atoms with Gasteiger partial charge in [-0.1, -0.05) is 12.1 Å². The van der Waals surface area contributed by atoms with E-state index in [1.807, 2.05) is 0 Å². The van der Waals surface area contributed by atoms with Crippen LogP contribution >= 0.6 is 11.3 Å². The summed E-state index contributed by atoms with van der Waals surface area (Å²) in [6.45, 7) is 6.21. The Labute approximate surface area is 167 Å². The Morgan fingerprint density at radius 3 is 2.93 bits per heavy atom. The lowest BCUT2D eigenvalue weighted by atomic mass is 10.0. The van der Waals surface area contributed by atoms with Crippen molar-refractivity contribution in [2.24, 2.45) is 0 Å². The summed E-state index contributed by atoms with van der Waals surface area (Å²) in [7, 11) is 0. The van der Waals surface area contributed by atoms with Crippen LogP contribution in [-0.4, -0.2) is 23.4 Å². The molecule has 0 aliphatic carbocycles. The molecule has 1 amide bonds. The van der Waals surface area contributed by atoms with Crippen molar-refractivity contribution in [1.29, 1.82) is 5.26 Å². The number of nitrogens with zero attached hydrogens (tertiary/aromatic N) is 2. The number of carbonyl (C=O) groups excluding carboxylic acids is 1. The summed E-state index contributed by atoms with van der Waals surface area (Å²) >= 11 is 1.47. The van der Waals surface area contributed by atoms with Crippen LogP contribution in [0.2, 0.25) is 0 Å². The summed E-state index contributed by atoms with van der Waals surface area (Å²) in [4.78, 5) is 25.3. The van der Waals surface area contributed by atoms with Crippen LogP contribution in [0.3, 0.4) is 0 Å². The summed E-state index contributed by atoms with van der Waals surface area (Å²) < 4.78 is 0. The molecule has 144 valence electrons. The van der Waals surface area contributed by atoms with Crippen molar-refractivity contribution in [3.63, 3.8) is 0 Å². The lowest BCUT2D eigenvalue weighted by Crippen LogP contribution is -3.14. The molecule has 0 radical (unpaired) electrons. The fourth-order valence-electron chi connectivity index (χ4n) is 3.27. The zero-order valence-corrected chi connectivity index (χ0v) is 16.5. The second-order valence-corrected chi connectivity index (χ2v) is 8.09. The summed E-state index contributed by atoms with van der Waals surface area (Å²) in [5.74, 6) is -0.366. The maximum absolute atomic E-state index is 12.3. The van der Waals surface area contributed by atoms with Gasteiger partial charge in [-0.3, -0.25) is 14.9 Å². The van der Waals surface area contributed by atoms with Crippen molar-refractivity contribution in [1.82, 2.24) is 0 Å². The number of nitriles is 1. The number of non-ortho nitro benzene ring substituents is 1. The van der Waals surface area contributed by atoms with E-state index < -0.39 is 4.92 Å². The molecule has 1 aliphatic rings. The number of nitrogens with one attached hydrogen (secondary N) is 2. The molecule has 1 atom stereocenters. The number of quaternary nitrogens is 1. The third-order valence-corrected chi connectivity index (χ3v) is 6.00. The number of hydrogen-bond acceptors (Lipinski definition) is 5. The first-order valence-electron chi connectivity index (χ1n) is 9.01. The topological polar surface area (TPSA) is 100 Å².